The molecular weight excluding hydrogens is 327 g/mol. The Kier molecular flexibility index (Phi) is 4.13. The molecule has 0 aliphatic carbocycles. The van der Waals surface area contributed by atoms with Crippen molar-refractivity contribution in [1.29, 1.82) is 0 Å². The second-order valence-electron chi connectivity index (χ2n) is 4.45. The van der Waals surface area contributed by atoms with Crippen LogP contribution in [0.2, 0.25) is 0 Å². The molecule has 0 radical (unpaired) electrons. The summed E-state index contributed by atoms with van der Waals surface area (Å²) < 4.78 is 15.7. The van der Waals surface area contributed by atoms with E-state index in [0.29, 0.717) is 15.7 Å². The van der Waals surface area contributed by atoms with Gasteiger partial charge in [-0.25, -0.2) is 4.39 Å². The summed E-state index contributed by atoms with van der Waals surface area (Å²) in [4.78, 5) is 24.1. The number of carbonyl (C=O) groups is 2. The predicted molar refractivity (Wildman–Crippen MR) is 75.3 cm³/mol. The van der Waals surface area contributed by atoms with Gasteiger partial charge in [0.25, 0.3) is 0 Å². The summed E-state index contributed by atoms with van der Waals surface area (Å²) >= 11 is 3.17. The highest BCUT2D eigenvalue weighted by atomic mass is 79.9. The van der Waals surface area contributed by atoms with Crippen molar-refractivity contribution < 1.29 is 14.0 Å². The summed E-state index contributed by atoms with van der Waals surface area (Å²) in [6.45, 7) is 1.69. The van der Waals surface area contributed by atoms with Crippen molar-refractivity contribution in [1.82, 2.24) is 9.78 Å². The van der Waals surface area contributed by atoms with Crippen LogP contribution in [0.15, 0.2) is 28.9 Å². The lowest BCUT2D eigenvalue weighted by molar-refractivity contribution is 0.0892. The van der Waals surface area contributed by atoms with Gasteiger partial charge < -0.3 is 0 Å². The Balaban J connectivity index is 2.21. The molecule has 20 heavy (non-hydrogen) atoms. The monoisotopic (exact) mass is 338 g/mol. The van der Waals surface area contributed by atoms with Crippen LogP contribution < -0.4 is 0 Å². The first-order chi connectivity index (χ1) is 9.38. The summed E-state index contributed by atoms with van der Waals surface area (Å²) in [5.74, 6) is -1.54. The molecule has 0 bridgehead atoms. The summed E-state index contributed by atoms with van der Waals surface area (Å²) in [6.07, 6.45) is 1.18. The number of benzene rings is 1. The minimum Gasteiger partial charge on any atom is -0.294 e. The molecule has 1 heterocycles. The molecule has 0 atom stereocenters. The second kappa shape index (κ2) is 5.66. The van der Waals surface area contributed by atoms with Crippen molar-refractivity contribution in [3.8, 4) is 0 Å². The molecule has 0 spiro atoms. The molecule has 4 nitrogen and oxygen atoms in total. The molecular formula is C14H12BrFN2O2. The predicted octanol–water partition coefficient (Wildman–Crippen LogP) is 3.09. The lowest BCUT2D eigenvalue weighted by atomic mass is 10.0. The number of aromatic nitrogens is 2. The number of aryl methyl sites for hydroxylation is 2. The quantitative estimate of drug-likeness (QED) is 0.635. The van der Waals surface area contributed by atoms with E-state index >= 15 is 0 Å². The molecule has 6 heteroatoms. The van der Waals surface area contributed by atoms with Crippen LogP contribution >= 0.6 is 15.9 Å². The van der Waals surface area contributed by atoms with Gasteiger partial charge in [-0.3, -0.25) is 14.3 Å². The number of hydrogen-bond acceptors (Lipinski definition) is 3. The highest BCUT2D eigenvalue weighted by Crippen LogP contribution is 2.18. The molecule has 0 fully saturated rings. The molecule has 0 saturated heterocycles. The zero-order chi connectivity index (χ0) is 14.9. The highest BCUT2D eigenvalue weighted by Gasteiger charge is 2.19. The fourth-order valence-corrected chi connectivity index (χ4v) is 2.28. The van der Waals surface area contributed by atoms with Crippen molar-refractivity contribution in [2.24, 2.45) is 7.05 Å². The third kappa shape index (κ3) is 3.01. The van der Waals surface area contributed by atoms with Gasteiger partial charge in [0, 0.05) is 17.7 Å². The van der Waals surface area contributed by atoms with Gasteiger partial charge in [0.1, 0.15) is 5.82 Å². The standard InChI is InChI=1S/C14H12BrFN2O2/c1-8-11(7-18(2)17-8)14(20)6-13(19)10-5-9(15)3-4-12(10)16/h3-5,7H,6H2,1-2H3. The highest BCUT2D eigenvalue weighted by molar-refractivity contribution is 9.10. The number of halogens is 2. The SMILES string of the molecule is Cc1nn(C)cc1C(=O)CC(=O)c1cc(Br)ccc1F. The molecule has 1 aromatic carbocycles. The fourth-order valence-electron chi connectivity index (χ4n) is 1.92. The number of rotatable bonds is 4. The summed E-state index contributed by atoms with van der Waals surface area (Å²) in [5, 5.41) is 4.05. The number of ketones is 2. The number of nitrogens with zero attached hydrogens (tertiary/aromatic N) is 2. The zero-order valence-corrected chi connectivity index (χ0v) is 12.6. The van der Waals surface area contributed by atoms with Gasteiger partial charge in [-0.15, -0.1) is 0 Å². The zero-order valence-electron chi connectivity index (χ0n) is 11.0. The third-order valence-electron chi connectivity index (χ3n) is 2.86. The van der Waals surface area contributed by atoms with Crippen LogP contribution in [-0.2, 0) is 7.05 Å². The van der Waals surface area contributed by atoms with Crippen molar-refractivity contribution in [2.75, 3.05) is 0 Å². The van der Waals surface area contributed by atoms with Crippen molar-refractivity contribution >= 4 is 27.5 Å². The van der Waals surface area contributed by atoms with Gasteiger partial charge in [-0.05, 0) is 25.1 Å². The Labute approximate surface area is 123 Å². The van der Waals surface area contributed by atoms with Gasteiger partial charge in [-0.1, -0.05) is 15.9 Å². The molecule has 2 rings (SSSR count). The Bertz CT molecular complexity index is 694. The maximum atomic E-state index is 13.6. The molecule has 0 unspecified atom stereocenters. The van der Waals surface area contributed by atoms with Crippen molar-refractivity contribution in [2.45, 2.75) is 13.3 Å². The van der Waals surface area contributed by atoms with E-state index in [0.717, 1.165) is 0 Å². The first kappa shape index (κ1) is 14.6. The van der Waals surface area contributed by atoms with E-state index in [9.17, 15) is 14.0 Å². The lowest BCUT2D eigenvalue weighted by Crippen LogP contribution is -2.10. The Morgan fingerprint density at radius 2 is 1.95 bits per heavy atom. The first-order valence-electron chi connectivity index (χ1n) is 5.90. The van der Waals surface area contributed by atoms with Crippen LogP contribution in [0.25, 0.3) is 0 Å². The minimum atomic E-state index is -0.631. The maximum Gasteiger partial charge on any atom is 0.174 e. The number of Topliss-reactive ketones (excluding diaryl/α,β-unsaturated/α-hetero) is 2. The van der Waals surface area contributed by atoms with E-state index in [2.05, 4.69) is 21.0 Å². The molecule has 104 valence electrons. The van der Waals surface area contributed by atoms with Crippen LogP contribution in [0.4, 0.5) is 4.39 Å². The van der Waals surface area contributed by atoms with E-state index in [4.69, 9.17) is 0 Å². The van der Waals surface area contributed by atoms with E-state index < -0.39 is 11.6 Å². The van der Waals surface area contributed by atoms with Crippen LogP contribution in [0.3, 0.4) is 0 Å². The Morgan fingerprint density at radius 1 is 1.30 bits per heavy atom. The minimum absolute atomic E-state index is 0.0886. The molecule has 0 aliphatic heterocycles. The van der Waals surface area contributed by atoms with E-state index in [1.165, 1.54) is 22.9 Å². The fraction of sp³-hybridized carbons (Fsp3) is 0.214. The van der Waals surface area contributed by atoms with Crippen LogP contribution in [-0.4, -0.2) is 21.3 Å². The van der Waals surface area contributed by atoms with Crippen LogP contribution in [0.5, 0.6) is 0 Å². The average Bonchev–Trinajstić information content (AvgIpc) is 2.71. The molecule has 0 amide bonds. The summed E-state index contributed by atoms with van der Waals surface area (Å²) in [5.41, 5.74) is 0.852. The number of carbonyl (C=O) groups excluding carboxylic acids is 2. The molecule has 1 aromatic heterocycles. The van der Waals surface area contributed by atoms with Gasteiger partial charge >= 0.3 is 0 Å². The van der Waals surface area contributed by atoms with Crippen LogP contribution in [0.1, 0.15) is 32.8 Å². The van der Waals surface area contributed by atoms with Gasteiger partial charge in [-0.2, -0.15) is 5.10 Å². The lowest BCUT2D eigenvalue weighted by Gasteiger charge is -2.03. The number of hydrogen-bond donors (Lipinski definition) is 0. The summed E-state index contributed by atoms with van der Waals surface area (Å²) in [6, 6.07) is 4.07. The van der Waals surface area contributed by atoms with E-state index in [-0.39, 0.29) is 17.8 Å². The van der Waals surface area contributed by atoms with Crippen molar-refractivity contribution in [3.05, 3.63) is 51.5 Å². The van der Waals surface area contributed by atoms with E-state index in [1.807, 2.05) is 0 Å². The Hall–Kier alpha value is -1.82. The van der Waals surface area contributed by atoms with Gasteiger partial charge in [0.05, 0.1) is 23.2 Å². The summed E-state index contributed by atoms with van der Waals surface area (Å²) in [7, 11) is 1.69. The molecule has 0 aliphatic rings. The second-order valence-corrected chi connectivity index (χ2v) is 5.36. The molecule has 0 N–H and O–H groups in total. The average molecular weight is 339 g/mol. The van der Waals surface area contributed by atoms with E-state index in [1.54, 1.807) is 20.2 Å². The molecule has 0 saturated carbocycles. The van der Waals surface area contributed by atoms with Crippen molar-refractivity contribution in [3.63, 3.8) is 0 Å². The van der Waals surface area contributed by atoms with Gasteiger partial charge in [0.15, 0.2) is 11.6 Å². The first-order valence-corrected chi connectivity index (χ1v) is 6.69. The largest absolute Gasteiger partial charge is 0.294 e. The molecule has 2 aromatic rings. The third-order valence-corrected chi connectivity index (χ3v) is 3.36. The van der Waals surface area contributed by atoms with Crippen LogP contribution in [0, 0.1) is 12.7 Å². The van der Waals surface area contributed by atoms with Gasteiger partial charge in [0.2, 0.25) is 0 Å². The maximum absolute atomic E-state index is 13.6. The Morgan fingerprint density at radius 3 is 2.55 bits per heavy atom. The topological polar surface area (TPSA) is 52.0 Å². The smallest absolute Gasteiger partial charge is 0.174 e. The normalized spacial score (nSPS) is 10.6.